The summed E-state index contributed by atoms with van der Waals surface area (Å²) in [6.45, 7) is 1.66. The molecule has 0 fully saturated rings. The van der Waals surface area contributed by atoms with Crippen LogP contribution in [0.4, 0.5) is 18.9 Å². The lowest BCUT2D eigenvalue weighted by atomic mass is 9.98. The first-order valence-corrected chi connectivity index (χ1v) is 10.5. The summed E-state index contributed by atoms with van der Waals surface area (Å²) in [5.41, 5.74) is 0.203. The fraction of sp³-hybridized carbons (Fsp3) is 0.167. The van der Waals surface area contributed by atoms with Crippen molar-refractivity contribution in [2.75, 3.05) is 19.5 Å². The minimum atomic E-state index is -4.65. The van der Waals surface area contributed by atoms with E-state index in [1.54, 1.807) is 13.0 Å². The van der Waals surface area contributed by atoms with Crippen molar-refractivity contribution in [3.63, 3.8) is 0 Å². The number of anilines is 1. The molecule has 0 radical (unpaired) electrons. The number of hydrogen-bond donors (Lipinski definition) is 2. The molecule has 1 aromatic heterocycles. The van der Waals surface area contributed by atoms with Crippen LogP contribution in [0.15, 0.2) is 53.8 Å². The third-order valence-electron chi connectivity index (χ3n) is 4.98. The molecular formula is C24H20ClF3N4O3. The quantitative estimate of drug-likeness (QED) is 0.351. The van der Waals surface area contributed by atoms with E-state index < -0.39 is 23.6 Å². The number of oxime groups is 1. The smallest absolute Gasteiger partial charge is 0.399 e. The van der Waals surface area contributed by atoms with Crippen LogP contribution in [0.1, 0.15) is 37.4 Å². The standard InChI is InChI=1S/C24H20ClF3N4O3/c1-13-9-14(12-31-35-3)10-18(22(33)29-2)20(13)32-23(34)16-7-6-15(24(26,27)28)11-17(16)21-19(25)5-4-8-30-21/h4-12H,1-3H3,(H,29,33)(H,32,34)/b31-12-. The van der Waals surface area contributed by atoms with Crippen LogP contribution in [0.3, 0.4) is 0 Å². The lowest BCUT2D eigenvalue weighted by Gasteiger charge is -2.17. The Morgan fingerprint density at radius 3 is 2.49 bits per heavy atom. The van der Waals surface area contributed by atoms with E-state index in [-0.39, 0.29) is 33.1 Å². The van der Waals surface area contributed by atoms with Crippen molar-refractivity contribution in [2.45, 2.75) is 13.1 Å². The molecule has 0 saturated carbocycles. The average molecular weight is 505 g/mol. The van der Waals surface area contributed by atoms with Gasteiger partial charge in [0.05, 0.1) is 33.7 Å². The van der Waals surface area contributed by atoms with Crippen LogP contribution in [0.2, 0.25) is 5.02 Å². The number of rotatable bonds is 6. The molecule has 0 unspecified atom stereocenters. The van der Waals surface area contributed by atoms with Gasteiger partial charge in [0.1, 0.15) is 7.11 Å². The third kappa shape index (κ3) is 5.78. The highest BCUT2D eigenvalue weighted by Gasteiger charge is 2.32. The van der Waals surface area contributed by atoms with Crippen molar-refractivity contribution >= 4 is 35.3 Å². The zero-order chi connectivity index (χ0) is 25.8. The van der Waals surface area contributed by atoms with E-state index in [0.29, 0.717) is 11.1 Å². The van der Waals surface area contributed by atoms with Crippen molar-refractivity contribution in [1.82, 2.24) is 10.3 Å². The van der Waals surface area contributed by atoms with Crippen LogP contribution in [-0.2, 0) is 11.0 Å². The topological polar surface area (TPSA) is 92.7 Å². The molecule has 7 nitrogen and oxygen atoms in total. The highest BCUT2D eigenvalue weighted by molar-refractivity contribution is 6.33. The zero-order valence-corrected chi connectivity index (χ0v) is 19.6. The summed E-state index contributed by atoms with van der Waals surface area (Å²) < 4.78 is 40.2. The second-order valence-electron chi connectivity index (χ2n) is 7.30. The predicted molar refractivity (Wildman–Crippen MR) is 127 cm³/mol. The van der Waals surface area contributed by atoms with E-state index in [1.807, 2.05) is 0 Å². The first-order chi connectivity index (χ1) is 16.6. The Morgan fingerprint density at radius 1 is 1.11 bits per heavy atom. The largest absolute Gasteiger partial charge is 0.416 e. The molecule has 1 heterocycles. The minimum absolute atomic E-state index is 0.0137. The van der Waals surface area contributed by atoms with Crippen LogP contribution >= 0.6 is 11.6 Å². The second-order valence-corrected chi connectivity index (χ2v) is 7.71. The number of carbonyl (C=O) groups is 2. The monoisotopic (exact) mass is 504 g/mol. The molecule has 0 aliphatic heterocycles. The van der Waals surface area contributed by atoms with Gasteiger partial charge in [-0.1, -0.05) is 16.8 Å². The zero-order valence-electron chi connectivity index (χ0n) is 18.8. The number of aryl methyl sites for hydroxylation is 1. The van der Waals surface area contributed by atoms with Crippen LogP contribution in [0, 0.1) is 6.92 Å². The number of nitrogens with one attached hydrogen (secondary N) is 2. The van der Waals surface area contributed by atoms with E-state index in [2.05, 4.69) is 25.6 Å². The number of nitrogens with zero attached hydrogens (tertiary/aromatic N) is 2. The van der Waals surface area contributed by atoms with Gasteiger partial charge in [-0.25, -0.2) is 0 Å². The molecule has 0 saturated heterocycles. The highest BCUT2D eigenvalue weighted by Crippen LogP contribution is 2.36. The Balaban J connectivity index is 2.13. The fourth-order valence-corrected chi connectivity index (χ4v) is 3.59. The van der Waals surface area contributed by atoms with Crippen molar-refractivity contribution in [1.29, 1.82) is 0 Å². The molecule has 0 bridgehead atoms. The molecule has 35 heavy (non-hydrogen) atoms. The summed E-state index contributed by atoms with van der Waals surface area (Å²) in [6.07, 6.45) is -1.90. The number of hydrogen-bond acceptors (Lipinski definition) is 5. The number of benzene rings is 2. The van der Waals surface area contributed by atoms with Gasteiger partial charge < -0.3 is 15.5 Å². The van der Waals surface area contributed by atoms with Crippen LogP contribution in [0.5, 0.6) is 0 Å². The van der Waals surface area contributed by atoms with E-state index in [4.69, 9.17) is 11.6 Å². The van der Waals surface area contributed by atoms with Gasteiger partial charge in [0.2, 0.25) is 0 Å². The molecular weight excluding hydrogens is 485 g/mol. The number of halogens is 4. The van der Waals surface area contributed by atoms with Crippen molar-refractivity contribution in [3.8, 4) is 11.3 Å². The lowest BCUT2D eigenvalue weighted by Crippen LogP contribution is -2.23. The Morgan fingerprint density at radius 2 is 1.86 bits per heavy atom. The molecule has 182 valence electrons. The van der Waals surface area contributed by atoms with Gasteiger partial charge in [0, 0.05) is 24.4 Å². The molecule has 2 aromatic carbocycles. The van der Waals surface area contributed by atoms with Gasteiger partial charge in [-0.15, -0.1) is 0 Å². The molecule has 11 heteroatoms. The van der Waals surface area contributed by atoms with E-state index in [9.17, 15) is 22.8 Å². The molecule has 0 aliphatic rings. The number of aromatic nitrogens is 1. The van der Waals surface area contributed by atoms with Gasteiger partial charge in [-0.2, -0.15) is 13.2 Å². The Hall–Kier alpha value is -3.92. The van der Waals surface area contributed by atoms with Crippen molar-refractivity contribution in [3.05, 3.63) is 81.5 Å². The molecule has 3 aromatic rings. The highest BCUT2D eigenvalue weighted by atomic mass is 35.5. The summed E-state index contributed by atoms with van der Waals surface area (Å²) in [4.78, 5) is 34.6. The normalized spacial score (nSPS) is 11.4. The minimum Gasteiger partial charge on any atom is -0.399 e. The lowest BCUT2D eigenvalue weighted by molar-refractivity contribution is -0.137. The number of pyridine rings is 1. The first kappa shape index (κ1) is 25.7. The van der Waals surface area contributed by atoms with Gasteiger partial charge in [0.25, 0.3) is 11.8 Å². The van der Waals surface area contributed by atoms with Crippen LogP contribution < -0.4 is 10.6 Å². The molecule has 0 aliphatic carbocycles. The van der Waals surface area contributed by atoms with E-state index in [1.165, 1.54) is 44.8 Å². The summed E-state index contributed by atoms with van der Waals surface area (Å²) in [5.74, 6) is -1.24. The SMILES string of the molecule is CNC(=O)c1cc(/C=N\OC)cc(C)c1NC(=O)c1ccc(C(F)(F)F)cc1-c1ncccc1Cl. The first-order valence-electron chi connectivity index (χ1n) is 10.1. The van der Waals surface area contributed by atoms with E-state index in [0.717, 1.165) is 18.2 Å². The molecule has 2 amide bonds. The second kappa shape index (κ2) is 10.6. The molecule has 3 rings (SSSR count). The number of carbonyl (C=O) groups excluding carboxylic acids is 2. The maximum Gasteiger partial charge on any atom is 0.416 e. The maximum absolute atomic E-state index is 13.4. The third-order valence-corrected chi connectivity index (χ3v) is 5.29. The number of alkyl halides is 3. The number of amides is 2. The summed E-state index contributed by atoms with van der Waals surface area (Å²) in [5, 5.41) is 8.90. The van der Waals surface area contributed by atoms with Crippen LogP contribution in [-0.4, -0.2) is 37.2 Å². The predicted octanol–water partition coefficient (Wildman–Crippen LogP) is 5.32. The molecule has 2 N–H and O–H groups in total. The van der Waals surface area contributed by atoms with Gasteiger partial charge >= 0.3 is 6.18 Å². The van der Waals surface area contributed by atoms with Crippen molar-refractivity contribution in [2.24, 2.45) is 5.16 Å². The maximum atomic E-state index is 13.4. The van der Waals surface area contributed by atoms with Crippen molar-refractivity contribution < 1.29 is 27.6 Å². The molecule has 0 atom stereocenters. The van der Waals surface area contributed by atoms with Crippen LogP contribution in [0.25, 0.3) is 11.3 Å². The summed E-state index contributed by atoms with van der Waals surface area (Å²) in [6, 6.07) is 8.80. The van der Waals surface area contributed by atoms with Gasteiger partial charge in [-0.3, -0.25) is 14.6 Å². The summed E-state index contributed by atoms with van der Waals surface area (Å²) >= 11 is 6.18. The Bertz CT molecular complexity index is 1310. The van der Waals surface area contributed by atoms with Gasteiger partial charge in [0.15, 0.2) is 0 Å². The Labute approximate surface area is 204 Å². The molecule has 0 spiro atoms. The fourth-order valence-electron chi connectivity index (χ4n) is 3.36. The average Bonchev–Trinajstić information content (AvgIpc) is 2.82. The Kier molecular flexibility index (Phi) is 7.75. The van der Waals surface area contributed by atoms with E-state index >= 15 is 0 Å². The van der Waals surface area contributed by atoms with Gasteiger partial charge in [-0.05, 0) is 60.5 Å². The summed E-state index contributed by atoms with van der Waals surface area (Å²) in [7, 11) is 2.79.